The summed E-state index contributed by atoms with van der Waals surface area (Å²) in [4.78, 5) is 12.2. The standard InChI is InChI=1S/C16H20N2O2/c1-17-9-2-3-10-18-16(20)15-6-4-5-12-11-13(19)7-8-14(12)15/h4-8,11,17,19H,2-3,9-10H2,1H3,(H,18,20). The lowest BCUT2D eigenvalue weighted by Crippen LogP contribution is -2.25. The highest BCUT2D eigenvalue weighted by atomic mass is 16.3. The molecule has 1 amide bonds. The van der Waals surface area contributed by atoms with Gasteiger partial charge in [-0.15, -0.1) is 0 Å². The molecule has 4 heteroatoms. The molecule has 0 spiro atoms. The van der Waals surface area contributed by atoms with Crippen molar-refractivity contribution in [2.24, 2.45) is 0 Å². The van der Waals surface area contributed by atoms with Crippen LogP contribution in [0.1, 0.15) is 23.2 Å². The van der Waals surface area contributed by atoms with Crippen LogP contribution < -0.4 is 10.6 Å². The summed E-state index contributed by atoms with van der Waals surface area (Å²) in [5, 5.41) is 17.2. The summed E-state index contributed by atoms with van der Waals surface area (Å²) >= 11 is 0. The molecule has 0 aliphatic heterocycles. The minimum Gasteiger partial charge on any atom is -0.508 e. The summed E-state index contributed by atoms with van der Waals surface area (Å²) in [5.41, 5.74) is 0.649. The van der Waals surface area contributed by atoms with Crippen LogP contribution in [0.4, 0.5) is 0 Å². The molecule has 0 atom stereocenters. The Bertz CT molecular complexity index is 596. The first-order chi connectivity index (χ1) is 9.72. The van der Waals surface area contributed by atoms with E-state index >= 15 is 0 Å². The average molecular weight is 272 g/mol. The minimum atomic E-state index is -0.0641. The molecule has 2 aromatic rings. The van der Waals surface area contributed by atoms with Gasteiger partial charge in [-0.1, -0.05) is 12.1 Å². The highest BCUT2D eigenvalue weighted by Gasteiger charge is 2.09. The third kappa shape index (κ3) is 3.48. The molecule has 0 aliphatic carbocycles. The molecule has 2 aromatic carbocycles. The molecule has 106 valence electrons. The van der Waals surface area contributed by atoms with Crippen molar-refractivity contribution in [2.75, 3.05) is 20.1 Å². The van der Waals surface area contributed by atoms with Gasteiger partial charge in [0, 0.05) is 12.1 Å². The Balaban J connectivity index is 2.06. The van der Waals surface area contributed by atoms with E-state index in [1.807, 2.05) is 25.2 Å². The van der Waals surface area contributed by atoms with Crippen molar-refractivity contribution in [3.05, 3.63) is 42.0 Å². The molecule has 0 aliphatic rings. The van der Waals surface area contributed by atoms with Gasteiger partial charge in [0.05, 0.1) is 0 Å². The average Bonchev–Trinajstić information content (AvgIpc) is 2.46. The third-order valence-corrected chi connectivity index (χ3v) is 3.25. The number of amides is 1. The van der Waals surface area contributed by atoms with Crippen molar-refractivity contribution in [3.8, 4) is 5.75 Å². The predicted molar refractivity (Wildman–Crippen MR) is 81.1 cm³/mol. The Morgan fingerprint density at radius 3 is 2.75 bits per heavy atom. The number of phenolic OH excluding ortho intramolecular Hbond substituents is 1. The monoisotopic (exact) mass is 272 g/mol. The molecule has 0 unspecified atom stereocenters. The van der Waals surface area contributed by atoms with E-state index in [2.05, 4.69) is 10.6 Å². The summed E-state index contributed by atoms with van der Waals surface area (Å²) < 4.78 is 0. The summed E-state index contributed by atoms with van der Waals surface area (Å²) in [6.45, 7) is 1.64. The van der Waals surface area contributed by atoms with Crippen molar-refractivity contribution < 1.29 is 9.90 Å². The van der Waals surface area contributed by atoms with Gasteiger partial charge < -0.3 is 15.7 Å². The number of hydrogen-bond donors (Lipinski definition) is 3. The second kappa shape index (κ2) is 6.91. The molecule has 4 nitrogen and oxygen atoms in total. The molecule has 3 N–H and O–H groups in total. The van der Waals surface area contributed by atoms with Gasteiger partial charge in [-0.3, -0.25) is 4.79 Å². The number of nitrogens with one attached hydrogen (secondary N) is 2. The van der Waals surface area contributed by atoms with E-state index in [0.717, 1.165) is 30.2 Å². The van der Waals surface area contributed by atoms with Crippen LogP contribution in [0.25, 0.3) is 10.8 Å². The van der Waals surface area contributed by atoms with Gasteiger partial charge in [-0.2, -0.15) is 0 Å². The normalized spacial score (nSPS) is 10.7. The number of fused-ring (bicyclic) bond motifs is 1. The SMILES string of the molecule is CNCCCCNC(=O)c1cccc2cc(O)ccc12. The second-order valence-electron chi connectivity index (χ2n) is 4.78. The topological polar surface area (TPSA) is 61.4 Å². The van der Waals surface area contributed by atoms with Gasteiger partial charge in [-0.25, -0.2) is 0 Å². The lowest BCUT2D eigenvalue weighted by molar-refractivity contribution is 0.0954. The van der Waals surface area contributed by atoms with Crippen molar-refractivity contribution in [3.63, 3.8) is 0 Å². The Morgan fingerprint density at radius 2 is 1.95 bits per heavy atom. The van der Waals surface area contributed by atoms with Gasteiger partial charge >= 0.3 is 0 Å². The molecular weight excluding hydrogens is 252 g/mol. The number of aromatic hydroxyl groups is 1. The van der Waals surface area contributed by atoms with Crippen molar-refractivity contribution in [1.29, 1.82) is 0 Å². The number of phenols is 1. The Kier molecular flexibility index (Phi) is 4.96. The Hall–Kier alpha value is -2.07. The maximum Gasteiger partial charge on any atom is 0.251 e. The fraction of sp³-hybridized carbons (Fsp3) is 0.312. The van der Waals surface area contributed by atoms with Gasteiger partial charge in [0.25, 0.3) is 5.91 Å². The molecule has 0 heterocycles. The molecular formula is C16H20N2O2. The summed E-state index contributed by atoms with van der Waals surface area (Å²) in [5.74, 6) is 0.146. The fourth-order valence-corrected chi connectivity index (χ4v) is 2.19. The second-order valence-corrected chi connectivity index (χ2v) is 4.78. The zero-order chi connectivity index (χ0) is 14.4. The highest BCUT2D eigenvalue weighted by molar-refractivity contribution is 6.07. The molecule has 0 bridgehead atoms. The van der Waals surface area contributed by atoms with E-state index in [4.69, 9.17) is 0 Å². The zero-order valence-electron chi connectivity index (χ0n) is 11.6. The van der Waals surface area contributed by atoms with Gasteiger partial charge in [0.1, 0.15) is 5.75 Å². The van der Waals surface area contributed by atoms with Crippen LogP contribution in [-0.2, 0) is 0 Å². The lowest BCUT2D eigenvalue weighted by atomic mass is 10.0. The number of unbranched alkanes of at least 4 members (excludes halogenated alkanes) is 1. The first-order valence-corrected chi connectivity index (χ1v) is 6.87. The van der Waals surface area contributed by atoms with Crippen molar-refractivity contribution >= 4 is 16.7 Å². The molecule has 0 saturated heterocycles. The number of benzene rings is 2. The van der Waals surface area contributed by atoms with E-state index in [1.54, 1.807) is 18.2 Å². The van der Waals surface area contributed by atoms with Crippen LogP contribution in [-0.4, -0.2) is 31.2 Å². The van der Waals surface area contributed by atoms with E-state index in [0.29, 0.717) is 12.1 Å². The maximum absolute atomic E-state index is 12.2. The molecule has 0 fully saturated rings. The van der Waals surface area contributed by atoms with Crippen LogP contribution in [0.15, 0.2) is 36.4 Å². The van der Waals surface area contributed by atoms with Crippen LogP contribution in [0, 0.1) is 0 Å². The third-order valence-electron chi connectivity index (χ3n) is 3.25. The van der Waals surface area contributed by atoms with Gasteiger partial charge in [-0.05, 0) is 61.5 Å². The number of carbonyl (C=O) groups is 1. The Labute approximate surface area is 118 Å². The van der Waals surface area contributed by atoms with Crippen LogP contribution in [0.5, 0.6) is 5.75 Å². The first-order valence-electron chi connectivity index (χ1n) is 6.87. The quantitative estimate of drug-likeness (QED) is 0.707. The summed E-state index contributed by atoms with van der Waals surface area (Å²) in [6, 6.07) is 10.6. The van der Waals surface area contributed by atoms with E-state index in [9.17, 15) is 9.90 Å². The first kappa shape index (κ1) is 14.3. The van der Waals surface area contributed by atoms with Gasteiger partial charge in [0.15, 0.2) is 0 Å². The lowest BCUT2D eigenvalue weighted by Gasteiger charge is -2.08. The van der Waals surface area contributed by atoms with Crippen molar-refractivity contribution in [1.82, 2.24) is 10.6 Å². The summed E-state index contributed by atoms with van der Waals surface area (Å²) in [6.07, 6.45) is 2.00. The highest BCUT2D eigenvalue weighted by Crippen LogP contribution is 2.23. The predicted octanol–water partition coefficient (Wildman–Crippen LogP) is 2.27. The smallest absolute Gasteiger partial charge is 0.251 e. The summed E-state index contributed by atoms with van der Waals surface area (Å²) in [7, 11) is 1.92. The zero-order valence-corrected chi connectivity index (χ0v) is 11.6. The Morgan fingerprint density at radius 1 is 1.15 bits per heavy atom. The van der Waals surface area contributed by atoms with E-state index in [1.165, 1.54) is 0 Å². The van der Waals surface area contributed by atoms with Crippen LogP contribution in [0.2, 0.25) is 0 Å². The minimum absolute atomic E-state index is 0.0641. The van der Waals surface area contributed by atoms with Crippen LogP contribution in [0.3, 0.4) is 0 Å². The molecule has 20 heavy (non-hydrogen) atoms. The van der Waals surface area contributed by atoms with E-state index < -0.39 is 0 Å². The number of hydrogen-bond acceptors (Lipinski definition) is 3. The molecule has 2 rings (SSSR count). The van der Waals surface area contributed by atoms with Crippen LogP contribution >= 0.6 is 0 Å². The molecule has 0 aromatic heterocycles. The maximum atomic E-state index is 12.2. The van der Waals surface area contributed by atoms with Gasteiger partial charge in [0.2, 0.25) is 0 Å². The number of carbonyl (C=O) groups excluding carboxylic acids is 1. The molecule has 0 radical (unpaired) electrons. The largest absolute Gasteiger partial charge is 0.508 e. The number of rotatable bonds is 6. The van der Waals surface area contributed by atoms with E-state index in [-0.39, 0.29) is 11.7 Å². The molecule has 0 saturated carbocycles. The fourth-order valence-electron chi connectivity index (χ4n) is 2.19. The van der Waals surface area contributed by atoms with Crippen molar-refractivity contribution in [2.45, 2.75) is 12.8 Å².